The number of nitriles is 1. The van der Waals surface area contributed by atoms with Crippen LogP contribution in [0.5, 0.6) is 5.75 Å². The molecule has 0 unspecified atom stereocenters. The molecule has 0 aliphatic heterocycles. The molecular weight excluding hydrogens is 358 g/mol. The highest BCUT2D eigenvalue weighted by atomic mass is 35.5. The number of hydrogen-bond donors (Lipinski definition) is 0. The molecule has 7 nitrogen and oxygen atoms in total. The summed E-state index contributed by atoms with van der Waals surface area (Å²) < 4.78 is 15.4. The maximum Gasteiger partial charge on any atom is 0.344 e. The van der Waals surface area contributed by atoms with Crippen molar-refractivity contribution in [3.05, 3.63) is 65.0 Å². The largest absolute Gasteiger partial charge is 0.482 e. The topological polar surface area (TPSA) is 98.2 Å². The van der Waals surface area contributed by atoms with E-state index in [-0.39, 0.29) is 19.1 Å². The molecule has 1 aromatic heterocycles. The van der Waals surface area contributed by atoms with Crippen molar-refractivity contribution >= 4 is 17.6 Å². The second kappa shape index (κ2) is 8.14. The van der Waals surface area contributed by atoms with E-state index in [2.05, 4.69) is 10.1 Å². The molecule has 0 amide bonds. The predicted octanol–water partition coefficient (Wildman–Crippen LogP) is 3.38. The Balaban J connectivity index is 1.50. The van der Waals surface area contributed by atoms with Crippen LogP contribution in [0.2, 0.25) is 5.02 Å². The monoisotopic (exact) mass is 369 g/mol. The van der Waals surface area contributed by atoms with Crippen LogP contribution in [-0.4, -0.2) is 22.7 Å². The van der Waals surface area contributed by atoms with Crippen molar-refractivity contribution < 1.29 is 18.8 Å². The number of ether oxygens (including phenoxy) is 2. The van der Waals surface area contributed by atoms with Crippen molar-refractivity contribution in [3.63, 3.8) is 0 Å². The Morgan fingerprint density at radius 1 is 1.19 bits per heavy atom. The van der Waals surface area contributed by atoms with Crippen LogP contribution < -0.4 is 4.74 Å². The number of carbonyl (C=O) groups is 1. The molecule has 0 bridgehead atoms. The lowest BCUT2D eigenvalue weighted by atomic mass is 10.2. The van der Waals surface area contributed by atoms with Gasteiger partial charge in [0.1, 0.15) is 5.75 Å². The third-order valence-corrected chi connectivity index (χ3v) is 3.61. The lowest BCUT2D eigenvalue weighted by Crippen LogP contribution is -2.14. The molecule has 3 aromatic rings. The van der Waals surface area contributed by atoms with E-state index in [9.17, 15) is 4.79 Å². The van der Waals surface area contributed by atoms with E-state index < -0.39 is 5.97 Å². The fourth-order valence-corrected chi connectivity index (χ4v) is 2.24. The lowest BCUT2D eigenvalue weighted by molar-refractivity contribution is -0.148. The van der Waals surface area contributed by atoms with Gasteiger partial charge in [0.05, 0.1) is 16.7 Å². The van der Waals surface area contributed by atoms with E-state index in [1.54, 1.807) is 48.5 Å². The number of nitrogens with zero attached hydrogens (tertiary/aromatic N) is 3. The van der Waals surface area contributed by atoms with Crippen molar-refractivity contribution in [2.75, 3.05) is 6.61 Å². The second-order valence-corrected chi connectivity index (χ2v) is 5.48. The fraction of sp³-hybridized carbons (Fsp3) is 0.111. The van der Waals surface area contributed by atoms with Gasteiger partial charge >= 0.3 is 5.97 Å². The Kier molecular flexibility index (Phi) is 5.46. The van der Waals surface area contributed by atoms with Crippen molar-refractivity contribution in [1.82, 2.24) is 10.1 Å². The number of carbonyl (C=O) groups excluding carboxylic acids is 1. The molecule has 0 atom stereocenters. The number of benzene rings is 2. The summed E-state index contributed by atoms with van der Waals surface area (Å²) >= 11 is 6.07. The van der Waals surface area contributed by atoms with E-state index in [4.69, 9.17) is 30.9 Å². The number of halogens is 1. The minimum absolute atomic E-state index is 0.145. The number of hydrogen-bond acceptors (Lipinski definition) is 7. The average molecular weight is 370 g/mol. The smallest absolute Gasteiger partial charge is 0.344 e. The molecule has 26 heavy (non-hydrogen) atoms. The van der Waals surface area contributed by atoms with Crippen LogP contribution in [0.4, 0.5) is 0 Å². The molecule has 3 rings (SSSR count). The van der Waals surface area contributed by atoms with Gasteiger partial charge in [0, 0.05) is 5.56 Å². The van der Waals surface area contributed by atoms with Gasteiger partial charge in [-0.15, -0.1) is 0 Å². The van der Waals surface area contributed by atoms with Crippen LogP contribution in [-0.2, 0) is 16.1 Å². The zero-order valence-electron chi connectivity index (χ0n) is 13.4. The van der Waals surface area contributed by atoms with Crippen LogP contribution in [0.1, 0.15) is 11.5 Å². The molecule has 0 radical (unpaired) electrons. The summed E-state index contributed by atoms with van der Waals surface area (Å²) in [4.78, 5) is 15.9. The highest BCUT2D eigenvalue weighted by molar-refractivity contribution is 6.33. The number of rotatable bonds is 6. The summed E-state index contributed by atoms with van der Waals surface area (Å²) in [5, 5.41) is 13.0. The van der Waals surface area contributed by atoms with Crippen LogP contribution >= 0.6 is 11.6 Å². The summed E-state index contributed by atoms with van der Waals surface area (Å²) in [5.41, 5.74) is 1.13. The van der Waals surface area contributed by atoms with Crippen LogP contribution in [0.15, 0.2) is 53.1 Å². The van der Waals surface area contributed by atoms with Crippen LogP contribution in [0, 0.1) is 11.3 Å². The van der Waals surface area contributed by atoms with E-state index in [0.717, 1.165) is 0 Å². The first-order chi connectivity index (χ1) is 12.7. The van der Waals surface area contributed by atoms with E-state index in [1.165, 1.54) is 0 Å². The summed E-state index contributed by atoms with van der Waals surface area (Å²) in [5.74, 6) is 0.328. The molecule has 0 aliphatic carbocycles. The summed E-state index contributed by atoms with van der Waals surface area (Å²) in [7, 11) is 0. The van der Waals surface area contributed by atoms with Gasteiger partial charge in [-0.25, -0.2) is 4.79 Å². The Morgan fingerprint density at radius 3 is 2.69 bits per heavy atom. The zero-order chi connectivity index (χ0) is 18.4. The third kappa shape index (κ3) is 4.37. The first-order valence-electron chi connectivity index (χ1n) is 7.52. The van der Waals surface area contributed by atoms with Crippen molar-refractivity contribution in [2.24, 2.45) is 0 Å². The molecule has 0 N–H and O–H groups in total. The fourth-order valence-electron chi connectivity index (χ4n) is 2.02. The maximum absolute atomic E-state index is 11.7. The molecule has 0 fully saturated rings. The van der Waals surface area contributed by atoms with Gasteiger partial charge in [-0.2, -0.15) is 10.2 Å². The summed E-state index contributed by atoms with van der Waals surface area (Å²) in [6.07, 6.45) is 0. The molecule has 0 aliphatic rings. The molecule has 1 heterocycles. The predicted molar refractivity (Wildman–Crippen MR) is 91.2 cm³/mol. The first kappa shape index (κ1) is 17.5. The Hall–Kier alpha value is -3.37. The van der Waals surface area contributed by atoms with E-state index >= 15 is 0 Å². The van der Waals surface area contributed by atoms with Crippen molar-refractivity contribution in [1.29, 1.82) is 5.26 Å². The molecule has 0 saturated heterocycles. The molecule has 130 valence electrons. The van der Waals surface area contributed by atoms with Gasteiger partial charge in [0.2, 0.25) is 5.82 Å². The summed E-state index contributed by atoms with van der Waals surface area (Å²) in [6, 6.07) is 15.4. The van der Waals surface area contributed by atoms with Crippen LogP contribution in [0.25, 0.3) is 11.4 Å². The van der Waals surface area contributed by atoms with Gasteiger partial charge in [-0.1, -0.05) is 28.9 Å². The lowest BCUT2D eigenvalue weighted by Gasteiger charge is -2.05. The van der Waals surface area contributed by atoms with Gasteiger partial charge in [0.25, 0.3) is 5.89 Å². The minimum atomic E-state index is -0.591. The minimum Gasteiger partial charge on any atom is -0.482 e. The number of esters is 1. The molecule has 8 heteroatoms. The van der Waals surface area contributed by atoms with Crippen LogP contribution in [0.3, 0.4) is 0 Å². The SMILES string of the molecule is N#Cc1ccc(OCC(=O)OCc2nc(-c3ccccc3Cl)no2)cc1. The normalized spacial score (nSPS) is 10.2. The van der Waals surface area contributed by atoms with Gasteiger partial charge < -0.3 is 14.0 Å². The highest BCUT2D eigenvalue weighted by Gasteiger charge is 2.13. The third-order valence-electron chi connectivity index (χ3n) is 3.28. The zero-order valence-corrected chi connectivity index (χ0v) is 14.1. The quantitative estimate of drug-likeness (QED) is 0.614. The van der Waals surface area contributed by atoms with Crippen molar-refractivity contribution in [3.8, 4) is 23.2 Å². The second-order valence-electron chi connectivity index (χ2n) is 5.08. The van der Waals surface area contributed by atoms with Crippen molar-refractivity contribution in [2.45, 2.75) is 6.61 Å². The molecule has 0 spiro atoms. The van der Waals surface area contributed by atoms with Gasteiger partial charge in [-0.05, 0) is 36.4 Å². The maximum atomic E-state index is 11.7. The average Bonchev–Trinajstić information content (AvgIpc) is 3.14. The Labute approximate surface area is 153 Å². The number of aromatic nitrogens is 2. The summed E-state index contributed by atoms with van der Waals surface area (Å²) in [6.45, 7) is -0.454. The van der Waals surface area contributed by atoms with E-state index in [1.807, 2.05) is 6.07 Å². The Morgan fingerprint density at radius 2 is 1.96 bits per heavy atom. The standard InChI is InChI=1S/C18H12ClN3O4/c19-15-4-2-1-3-14(15)18-21-16(26-22-18)10-25-17(23)11-24-13-7-5-12(9-20)6-8-13/h1-8H,10-11H2. The first-order valence-corrected chi connectivity index (χ1v) is 7.89. The van der Waals surface area contributed by atoms with Gasteiger partial charge in [-0.3, -0.25) is 0 Å². The Bertz CT molecular complexity index is 948. The van der Waals surface area contributed by atoms with Gasteiger partial charge in [0.15, 0.2) is 13.2 Å². The highest BCUT2D eigenvalue weighted by Crippen LogP contribution is 2.24. The molecule has 0 saturated carbocycles. The van der Waals surface area contributed by atoms with E-state index in [0.29, 0.717) is 27.7 Å². The molecule has 2 aromatic carbocycles. The molecular formula is C18H12ClN3O4.